The van der Waals surface area contributed by atoms with Crippen molar-refractivity contribution in [2.45, 2.75) is 33.8 Å². The summed E-state index contributed by atoms with van der Waals surface area (Å²) in [7, 11) is -3.40. The van der Waals surface area contributed by atoms with Gasteiger partial charge in [-0.15, -0.1) is 0 Å². The van der Waals surface area contributed by atoms with Crippen LogP contribution in [0.15, 0.2) is 0 Å². The molecule has 0 aliphatic carbocycles. The Labute approximate surface area is 102 Å². The molecule has 0 aromatic carbocycles. The molecular formula is C10H19N3O3S. The van der Waals surface area contributed by atoms with Gasteiger partial charge in [0.25, 0.3) is 0 Å². The Morgan fingerprint density at radius 3 is 2.53 bits per heavy atom. The minimum atomic E-state index is -3.40. The van der Waals surface area contributed by atoms with E-state index in [0.717, 1.165) is 11.3 Å². The SMILES string of the molecule is Cc1[nH]nc(NS(=O)(=O)CCOC(C)C)c1C. The molecular weight excluding hydrogens is 242 g/mol. The summed E-state index contributed by atoms with van der Waals surface area (Å²) in [5, 5.41) is 6.61. The zero-order chi connectivity index (χ0) is 13.1. The van der Waals surface area contributed by atoms with Crippen molar-refractivity contribution in [2.75, 3.05) is 17.1 Å². The number of ether oxygens (including phenoxy) is 1. The van der Waals surface area contributed by atoms with Gasteiger partial charge < -0.3 is 4.74 Å². The summed E-state index contributed by atoms with van der Waals surface area (Å²) in [6.45, 7) is 7.54. The minimum absolute atomic E-state index is 0.0274. The number of aromatic nitrogens is 2. The van der Waals surface area contributed by atoms with Crippen molar-refractivity contribution in [3.05, 3.63) is 11.3 Å². The summed E-state index contributed by atoms with van der Waals surface area (Å²) >= 11 is 0. The number of anilines is 1. The monoisotopic (exact) mass is 261 g/mol. The molecule has 1 aromatic heterocycles. The zero-order valence-electron chi connectivity index (χ0n) is 10.6. The maximum atomic E-state index is 11.7. The Hall–Kier alpha value is -1.08. The fraction of sp³-hybridized carbons (Fsp3) is 0.700. The number of nitrogens with one attached hydrogen (secondary N) is 2. The lowest BCUT2D eigenvalue weighted by molar-refractivity contribution is 0.0913. The van der Waals surface area contributed by atoms with Gasteiger partial charge in [-0.1, -0.05) is 0 Å². The first-order chi connectivity index (χ1) is 7.82. The van der Waals surface area contributed by atoms with E-state index in [2.05, 4.69) is 14.9 Å². The number of sulfonamides is 1. The van der Waals surface area contributed by atoms with Crippen molar-refractivity contribution in [1.82, 2.24) is 10.2 Å². The van der Waals surface area contributed by atoms with E-state index >= 15 is 0 Å². The van der Waals surface area contributed by atoms with Crippen LogP contribution in [-0.2, 0) is 14.8 Å². The summed E-state index contributed by atoms with van der Waals surface area (Å²) in [6, 6.07) is 0. The van der Waals surface area contributed by atoms with Gasteiger partial charge in [0.15, 0.2) is 5.82 Å². The van der Waals surface area contributed by atoms with E-state index in [0.29, 0.717) is 5.82 Å². The molecule has 0 bridgehead atoms. The van der Waals surface area contributed by atoms with Gasteiger partial charge in [-0.25, -0.2) is 8.42 Å². The molecule has 0 fully saturated rings. The Bertz CT molecular complexity index is 465. The Kier molecular flexibility index (Phi) is 4.53. The number of H-pyrrole nitrogens is 1. The first-order valence-electron chi connectivity index (χ1n) is 5.45. The predicted octanol–water partition coefficient (Wildman–Crippen LogP) is 1.19. The highest BCUT2D eigenvalue weighted by Crippen LogP contribution is 2.15. The van der Waals surface area contributed by atoms with Crippen LogP contribution in [0.5, 0.6) is 0 Å². The lowest BCUT2D eigenvalue weighted by atomic mass is 10.3. The van der Waals surface area contributed by atoms with Gasteiger partial charge in [-0.05, 0) is 27.7 Å². The standard InChI is InChI=1S/C10H19N3O3S/c1-7(2)16-5-6-17(14,15)13-10-8(3)9(4)11-12-10/h7H,5-6H2,1-4H3,(H2,11,12,13). The molecule has 0 aliphatic heterocycles. The average molecular weight is 261 g/mol. The van der Waals surface area contributed by atoms with Crippen molar-refractivity contribution in [1.29, 1.82) is 0 Å². The van der Waals surface area contributed by atoms with Gasteiger partial charge in [-0.2, -0.15) is 5.10 Å². The van der Waals surface area contributed by atoms with E-state index in [4.69, 9.17) is 4.74 Å². The average Bonchev–Trinajstić information content (AvgIpc) is 2.48. The van der Waals surface area contributed by atoms with Gasteiger partial charge in [0.05, 0.1) is 18.5 Å². The summed E-state index contributed by atoms with van der Waals surface area (Å²) in [5.74, 6) is 0.281. The third-order valence-electron chi connectivity index (χ3n) is 2.31. The number of rotatable bonds is 6. The molecule has 7 heteroatoms. The molecule has 2 N–H and O–H groups in total. The topological polar surface area (TPSA) is 84.1 Å². The quantitative estimate of drug-likeness (QED) is 0.805. The van der Waals surface area contributed by atoms with Crippen LogP contribution in [0.2, 0.25) is 0 Å². The van der Waals surface area contributed by atoms with E-state index in [1.165, 1.54) is 0 Å². The lowest BCUT2D eigenvalue weighted by Crippen LogP contribution is -2.22. The largest absolute Gasteiger partial charge is 0.378 e. The number of hydrogen-bond acceptors (Lipinski definition) is 4. The fourth-order valence-corrected chi connectivity index (χ4v) is 2.09. The van der Waals surface area contributed by atoms with Crippen molar-refractivity contribution in [3.63, 3.8) is 0 Å². The first kappa shape index (κ1) is 14.0. The summed E-state index contributed by atoms with van der Waals surface area (Å²) in [5.41, 5.74) is 1.65. The second-order valence-electron chi connectivity index (χ2n) is 4.16. The molecule has 0 saturated heterocycles. The molecule has 0 amide bonds. The normalized spacial score (nSPS) is 12.1. The van der Waals surface area contributed by atoms with Gasteiger partial charge in [0.1, 0.15) is 0 Å². The van der Waals surface area contributed by atoms with Crippen molar-refractivity contribution >= 4 is 15.8 Å². The molecule has 0 unspecified atom stereocenters. The molecule has 0 aliphatic rings. The van der Waals surface area contributed by atoms with Crippen LogP contribution in [0.3, 0.4) is 0 Å². The van der Waals surface area contributed by atoms with E-state index in [1.54, 1.807) is 6.92 Å². The molecule has 0 radical (unpaired) electrons. The summed E-state index contributed by atoms with van der Waals surface area (Å²) in [6.07, 6.45) is 0.0274. The molecule has 6 nitrogen and oxygen atoms in total. The number of aryl methyl sites for hydroxylation is 1. The highest BCUT2D eigenvalue weighted by Gasteiger charge is 2.15. The van der Waals surface area contributed by atoms with Crippen LogP contribution >= 0.6 is 0 Å². The van der Waals surface area contributed by atoms with Crippen molar-refractivity contribution in [2.24, 2.45) is 0 Å². The van der Waals surface area contributed by atoms with Gasteiger partial charge in [0, 0.05) is 11.3 Å². The maximum absolute atomic E-state index is 11.7. The maximum Gasteiger partial charge on any atom is 0.236 e. The third-order valence-corrected chi connectivity index (χ3v) is 3.52. The molecule has 1 heterocycles. The van der Waals surface area contributed by atoms with Crippen molar-refractivity contribution < 1.29 is 13.2 Å². The van der Waals surface area contributed by atoms with E-state index < -0.39 is 10.0 Å². The Morgan fingerprint density at radius 2 is 2.06 bits per heavy atom. The molecule has 1 aromatic rings. The molecule has 0 atom stereocenters. The highest BCUT2D eigenvalue weighted by molar-refractivity contribution is 7.92. The fourth-order valence-electron chi connectivity index (χ4n) is 1.18. The third kappa shape index (κ3) is 4.35. The lowest BCUT2D eigenvalue weighted by Gasteiger charge is -2.09. The molecule has 17 heavy (non-hydrogen) atoms. The number of hydrogen-bond donors (Lipinski definition) is 2. The van der Waals surface area contributed by atoms with Crippen molar-refractivity contribution in [3.8, 4) is 0 Å². The zero-order valence-corrected chi connectivity index (χ0v) is 11.4. The minimum Gasteiger partial charge on any atom is -0.378 e. The second-order valence-corrected chi connectivity index (χ2v) is 6.00. The predicted molar refractivity (Wildman–Crippen MR) is 66.6 cm³/mol. The number of nitrogens with zero attached hydrogens (tertiary/aromatic N) is 1. The molecule has 1 rings (SSSR count). The molecule has 98 valence electrons. The molecule has 0 saturated carbocycles. The van der Waals surface area contributed by atoms with E-state index in [1.807, 2.05) is 20.8 Å². The summed E-state index contributed by atoms with van der Waals surface area (Å²) in [4.78, 5) is 0. The Balaban J connectivity index is 2.58. The Morgan fingerprint density at radius 1 is 1.41 bits per heavy atom. The van der Waals surface area contributed by atoms with E-state index in [9.17, 15) is 8.42 Å². The van der Waals surface area contributed by atoms with Crippen LogP contribution in [-0.4, -0.2) is 37.1 Å². The number of aromatic amines is 1. The second kappa shape index (κ2) is 5.50. The van der Waals surface area contributed by atoms with Crippen LogP contribution < -0.4 is 4.72 Å². The van der Waals surface area contributed by atoms with Gasteiger partial charge in [-0.3, -0.25) is 9.82 Å². The first-order valence-corrected chi connectivity index (χ1v) is 7.10. The van der Waals surface area contributed by atoms with Crippen LogP contribution in [0.1, 0.15) is 25.1 Å². The van der Waals surface area contributed by atoms with Crippen LogP contribution in [0.4, 0.5) is 5.82 Å². The van der Waals surface area contributed by atoms with E-state index in [-0.39, 0.29) is 18.5 Å². The van der Waals surface area contributed by atoms with Gasteiger partial charge >= 0.3 is 0 Å². The van der Waals surface area contributed by atoms with Crippen LogP contribution in [0.25, 0.3) is 0 Å². The summed E-state index contributed by atoms with van der Waals surface area (Å²) < 4.78 is 31.0. The van der Waals surface area contributed by atoms with Gasteiger partial charge in [0.2, 0.25) is 10.0 Å². The van der Waals surface area contributed by atoms with Crippen LogP contribution in [0, 0.1) is 13.8 Å². The molecule has 0 spiro atoms. The smallest absolute Gasteiger partial charge is 0.236 e. The highest BCUT2D eigenvalue weighted by atomic mass is 32.2.